The first-order valence-corrected chi connectivity index (χ1v) is 4.95. The van der Waals surface area contributed by atoms with Gasteiger partial charge in [0, 0.05) is 0 Å². The third kappa shape index (κ3) is 1.65. The summed E-state index contributed by atoms with van der Waals surface area (Å²) in [6.45, 7) is 1.60. The predicted molar refractivity (Wildman–Crippen MR) is 50.4 cm³/mol. The molecule has 78 valence electrons. The maximum Gasteiger partial charge on any atom is 0.244 e. The summed E-state index contributed by atoms with van der Waals surface area (Å²) in [5, 5.41) is 3.17. The largest absolute Gasteiger partial charge is 0.297 e. The molecule has 0 aliphatic carbocycles. The van der Waals surface area contributed by atoms with Crippen LogP contribution in [0.25, 0.3) is 0 Å². The van der Waals surface area contributed by atoms with Gasteiger partial charge in [0.1, 0.15) is 0 Å². The van der Waals surface area contributed by atoms with Gasteiger partial charge in [0.05, 0.1) is 19.3 Å². The Bertz CT molecular complexity index is 243. The summed E-state index contributed by atoms with van der Waals surface area (Å²) in [6, 6.07) is 0. The molecule has 5 heteroatoms. The van der Waals surface area contributed by atoms with Crippen molar-refractivity contribution in [3.8, 4) is 0 Å². The summed E-state index contributed by atoms with van der Waals surface area (Å²) in [5.74, 6) is -0.161. The van der Waals surface area contributed by atoms with Crippen LogP contribution in [0.15, 0.2) is 0 Å². The van der Waals surface area contributed by atoms with E-state index in [1.54, 1.807) is 11.9 Å². The van der Waals surface area contributed by atoms with Gasteiger partial charge in [0.2, 0.25) is 11.8 Å². The van der Waals surface area contributed by atoms with Crippen molar-refractivity contribution in [1.82, 2.24) is 15.1 Å². The monoisotopic (exact) mass is 197 g/mol. The molecule has 5 nitrogen and oxygen atoms in total. The molecule has 1 N–H and O–H groups in total. The minimum atomic E-state index is -0.0804. The van der Waals surface area contributed by atoms with Gasteiger partial charge in [0.15, 0.2) is 0 Å². The van der Waals surface area contributed by atoms with E-state index < -0.39 is 0 Å². The topological polar surface area (TPSA) is 52.7 Å². The molecule has 2 rings (SSSR count). The minimum Gasteiger partial charge on any atom is -0.297 e. The van der Waals surface area contributed by atoms with E-state index in [1.165, 1.54) is 4.90 Å². The second-order valence-corrected chi connectivity index (χ2v) is 3.94. The highest BCUT2D eigenvalue weighted by atomic mass is 16.2. The number of carbonyl (C=O) groups is 2. The molecular formula is C9H15N3O2. The van der Waals surface area contributed by atoms with E-state index in [-0.39, 0.29) is 18.0 Å². The fourth-order valence-corrected chi connectivity index (χ4v) is 2.04. The van der Waals surface area contributed by atoms with Crippen LogP contribution < -0.4 is 5.32 Å². The van der Waals surface area contributed by atoms with Crippen molar-refractivity contribution >= 4 is 11.8 Å². The Balaban J connectivity index is 2.08. The van der Waals surface area contributed by atoms with Crippen LogP contribution in [0.4, 0.5) is 0 Å². The molecule has 0 aromatic heterocycles. The lowest BCUT2D eigenvalue weighted by molar-refractivity contribution is -0.153. The normalized spacial score (nSPS) is 30.1. The SMILES string of the molecule is CN1CC(=O)N(C2CCCN2)C(=O)C1. The van der Waals surface area contributed by atoms with E-state index in [0.717, 1.165) is 19.4 Å². The van der Waals surface area contributed by atoms with Crippen LogP contribution in [0, 0.1) is 0 Å². The van der Waals surface area contributed by atoms with Gasteiger partial charge in [-0.2, -0.15) is 0 Å². The van der Waals surface area contributed by atoms with Gasteiger partial charge >= 0.3 is 0 Å². The van der Waals surface area contributed by atoms with Crippen molar-refractivity contribution in [2.24, 2.45) is 0 Å². The Hall–Kier alpha value is -0.940. The van der Waals surface area contributed by atoms with Crippen LogP contribution in [0.2, 0.25) is 0 Å². The number of hydrogen-bond donors (Lipinski definition) is 1. The summed E-state index contributed by atoms with van der Waals surface area (Å²) < 4.78 is 0. The van der Waals surface area contributed by atoms with E-state index in [4.69, 9.17) is 0 Å². The van der Waals surface area contributed by atoms with Gasteiger partial charge in [-0.1, -0.05) is 0 Å². The van der Waals surface area contributed by atoms with Gasteiger partial charge in [0.25, 0.3) is 0 Å². The van der Waals surface area contributed by atoms with Crippen molar-refractivity contribution < 1.29 is 9.59 Å². The molecule has 2 heterocycles. The first-order valence-electron chi connectivity index (χ1n) is 4.95. The zero-order chi connectivity index (χ0) is 10.1. The van der Waals surface area contributed by atoms with Crippen LogP contribution in [0.3, 0.4) is 0 Å². The highest BCUT2D eigenvalue weighted by Crippen LogP contribution is 2.14. The van der Waals surface area contributed by atoms with Crippen molar-refractivity contribution in [2.45, 2.75) is 19.0 Å². The molecule has 0 spiro atoms. The maximum atomic E-state index is 11.6. The molecule has 1 unspecified atom stereocenters. The fraction of sp³-hybridized carbons (Fsp3) is 0.778. The number of carbonyl (C=O) groups excluding carboxylic acids is 2. The Morgan fingerprint density at radius 3 is 2.43 bits per heavy atom. The van der Waals surface area contributed by atoms with E-state index in [0.29, 0.717) is 13.1 Å². The number of imide groups is 1. The van der Waals surface area contributed by atoms with Crippen LogP contribution in [0.1, 0.15) is 12.8 Å². The molecule has 2 aliphatic heterocycles. The highest BCUT2D eigenvalue weighted by Gasteiger charge is 2.35. The van der Waals surface area contributed by atoms with Gasteiger partial charge in [-0.3, -0.25) is 24.7 Å². The predicted octanol–water partition coefficient (Wildman–Crippen LogP) is -1.00. The number of nitrogens with one attached hydrogen (secondary N) is 1. The number of hydrogen-bond acceptors (Lipinski definition) is 4. The minimum absolute atomic E-state index is 0.0521. The standard InChI is InChI=1S/C9H15N3O2/c1-11-5-8(13)12(9(14)6-11)7-3-2-4-10-7/h7,10H,2-6H2,1H3. The summed E-state index contributed by atoms with van der Waals surface area (Å²) in [7, 11) is 1.79. The molecular weight excluding hydrogens is 182 g/mol. The number of rotatable bonds is 1. The van der Waals surface area contributed by atoms with Crippen molar-refractivity contribution in [2.75, 3.05) is 26.7 Å². The summed E-state index contributed by atoms with van der Waals surface area (Å²) in [5.41, 5.74) is 0. The fourth-order valence-electron chi connectivity index (χ4n) is 2.04. The Morgan fingerprint density at radius 1 is 1.29 bits per heavy atom. The highest BCUT2D eigenvalue weighted by molar-refractivity contribution is 5.99. The first-order chi connectivity index (χ1) is 6.68. The molecule has 2 amide bonds. The number of likely N-dealkylation sites (N-methyl/N-ethyl adjacent to an activating group) is 1. The van der Waals surface area contributed by atoms with E-state index in [1.807, 2.05) is 0 Å². The van der Waals surface area contributed by atoms with Crippen molar-refractivity contribution in [3.63, 3.8) is 0 Å². The third-order valence-electron chi connectivity index (χ3n) is 2.69. The second kappa shape index (κ2) is 3.67. The summed E-state index contributed by atoms with van der Waals surface area (Å²) in [6.07, 6.45) is 1.88. The third-order valence-corrected chi connectivity index (χ3v) is 2.69. The lowest BCUT2D eigenvalue weighted by atomic mass is 10.2. The van der Waals surface area contributed by atoms with Gasteiger partial charge < -0.3 is 0 Å². The van der Waals surface area contributed by atoms with Gasteiger partial charge in [-0.25, -0.2) is 0 Å². The number of amides is 2. The van der Waals surface area contributed by atoms with Crippen molar-refractivity contribution in [1.29, 1.82) is 0 Å². The zero-order valence-electron chi connectivity index (χ0n) is 8.32. The van der Waals surface area contributed by atoms with E-state index in [2.05, 4.69) is 5.32 Å². The number of nitrogens with zero attached hydrogens (tertiary/aromatic N) is 2. The Labute approximate surface area is 83.0 Å². The molecule has 0 saturated carbocycles. The molecule has 2 fully saturated rings. The summed E-state index contributed by atoms with van der Waals surface area (Å²) in [4.78, 5) is 26.4. The van der Waals surface area contributed by atoms with Crippen molar-refractivity contribution in [3.05, 3.63) is 0 Å². The average Bonchev–Trinajstić information content (AvgIpc) is 2.54. The summed E-state index contributed by atoms with van der Waals surface area (Å²) >= 11 is 0. The molecule has 0 bridgehead atoms. The molecule has 2 aliphatic rings. The second-order valence-electron chi connectivity index (χ2n) is 3.94. The quantitative estimate of drug-likeness (QED) is 0.548. The lowest BCUT2D eigenvalue weighted by Crippen LogP contribution is -2.58. The number of piperazine rings is 1. The Morgan fingerprint density at radius 2 is 1.93 bits per heavy atom. The van der Waals surface area contributed by atoms with Crippen LogP contribution in [0.5, 0.6) is 0 Å². The Kier molecular flexibility index (Phi) is 2.52. The van der Waals surface area contributed by atoms with Crippen LogP contribution >= 0.6 is 0 Å². The molecule has 2 saturated heterocycles. The lowest BCUT2D eigenvalue weighted by Gasteiger charge is -2.34. The molecule has 0 radical (unpaired) electrons. The maximum absolute atomic E-state index is 11.6. The van der Waals surface area contributed by atoms with E-state index >= 15 is 0 Å². The van der Waals surface area contributed by atoms with Gasteiger partial charge in [-0.15, -0.1) is 0 Å². The zero-order valence-corrected chi connectivity index (χ0v) is 8.32. The molecule has 14 heavy (non-hydrogen) atoms. The van der Waals surface area contributed by atoms with Crippen LogP contribution in [-0.4, -0.2) is 54.5 Å². The first kappa shape index (κ1) is 9.61. The average molecular weight is 197 g/mol. The van der Waals surface area contributed by atoms with Gasteiger partial charge in [-0.05, 0) is 26.4 Å². The molecule has 0 aromatic rings. The smallest absolute Gasteiger partial charge is 0.244 e. The van der Waals surface area contributed by atoms with E-state index in [9.17, 15) is 9.59 Å². The molecule has 1 atom stereocenters. The van der Waals surface area contributed by atoms with Crippen LogP contribution in [-0.2, 0) is 9.59 Å². The molecule has 0 aromatic carbocycles.